The molecule has 90 valence electrons. The summed E-state index contributed by atoms with van der Waals surface area (Å²) in [6, 6.07) is 6.54. The number of nitrogens with zero attached hydrogens (tertiary/aromatic N) is 2. The minimum absolute atomic E-state index is 0.528. The van der Waals surface area contributed by atoms with Gasteiger partial charge in [-0.1, -0.05) is 25.1 Å². The normalized spacial score (nSPS) is 12.6. The molecule has 1 N–H and O–H groups in total. The van der Waals surface area contributed by atoms with Gasteiger partial charge < -0.3 is 0 Å². The summed E-state index contributed by atoms with van der Waals surface area (Å²) in [5.74, 6) is 0.528. The first-order valence-electron chi connectivity index (χ1n) is 6.13. The molecule has 0 aliphatic heterocycles. The summed E-state index contributed by atoms with van der Waals surface area (Å²) < 4.78 is 0. The Hall–Kier alpha value is -1.64. The van der Waals surface area contributed by atoms with Gasteiger partial charge in [0, 0.05) is 0 Å². The first-order chi connectivity index (χ1) is 8.22. The summed E-state index contributed by atoms with van der Waals surface area (Å²) in [7, 11) is 0. The van der Waals surface area contributed by atoms with Gasteiger partial charge in [0.2, 0.25) is 0 Å². The van der Waals surface area contributed by atoms with Crippen molar-refractivity contribution in [2.75, 3.05) is 0 Å². The molecule has 1 unspecified atom stereocenters. The van der Waals surface area contributed by atoms with Gasteiger partial charge in [0.25, 0.3) is 0 Å². The average molecular weight is 229 g/mol. The topological polar surface area (TPSA) is 41.6 Å². The van der Waals surface area contributed by atoms with E-state index in [1.165, 1.54) is 16.7 Å². The summed E-state index contributed by atoms with van der Waals surface area (Å²) >= 11 is 0. The Morgan fingerprint density at radius 2 is 2.12 bits per heavy atom. The molecule has 1 aromatic carbocycles. The van der Waals surface area contributed by atoms with Gasteiger partial charge in [-0.15, -0.1) is 0 Å². The Morgan fingerprint density at radius 3 is 2.76 bits per heavy atom. The van der Waals surface area contributed by atoms with E-state index in [1.54, 1.807) is 0 Å². The Bertz CT molecular complexity index is 474. The number of hydrogen-bond donors (Lipinski definition) is 1. The lowest BCUT2D eigenvalue weighted by molar-refractivity contribution is 0.643. The van der Waals surface area contributed by atoms with Crippen LogP contribution in [0.3, 0.4) is 0 Å². The minimum atomic E-state index is 0.528. The van der Waals surface area contributed by atoms with Gasteiger partial charge in [-0.2, -0.15) is 15.4 Å². The van der Waals surface area contributed by atoms with Crippen LogP contribution in [-0.4, -0.2) is 15.4 Å². The van der Waals surface area contributed by atoms with E-state index in [2.05, 4.69) is 54.4 Å². The predicted octanol–water partition coefficient (Wildman–Crippen LogP) is 3.16. The third-order valence-electron chi connectivity index (χ3n) is 3.50. The second kappa shape index (κ2) is 5.13. The number of aromatic nitrogens is 3. The van der Waals surface area contributed by atoms with Crippen LogP contribution in [0.1, 0.15) is 41.6 Å². The summed E-state index contributed by atoms with van der Waals surface area (Å²) in [5, 5.41) is 10.7. The molecule has 0 amide bonds. The molecule has 0 bridgehead atoms. The van der Waals surface area contributed by atoms with Crippen molar-refractivity contribution >= 4 is 0 Å². The number of aromatic amines is 1. The molecule has 1 heterocycles. The zero-order valence-electron chi connectivity index (χ0n) is 10.7. The molecule has 0 saturated heterocycles. The van der Waals surface area contributed by atoms with Crippen LogP contribution in [0.4, 0.5) is 0 Å². The summed E-state index contributed by atoms with van der Waals surface area (Å²) in [6.45, 7) is 6.60. The van der Waals surface area contributed by atoms with Crippen LogP contribution in [0.2, 0.25) is 0 Å². The van der Waals surface area contributed by atoms with E-state index in [0.717, 1.165) is 18.5 Å². The van der Waals surface area contributed by atoms with E-state index < -0.39 is 0 Å². The fourth-order valence-corrected chi connectivity index (χ4v) is 2.27. The predicted molar refractivity (Wildman–Crippen MR) is 69.0 cm³/mol. The first-order valence-corrected chi connectivity index (χ1v) is 6.13. The van der Waals surface area contributed by atoms with Gasteiger partial charge in [-0.05, 0) is 49.3 Å². The monoisotopic (exact) mass is 229 g/mol. The van der Waals surface area contributed by atoms with Crippen LogP contribution in [0.25, 0.3) is 0 Å². The summed E-state index contributed by atoms with van der Waals surface area (Å²) in [5.41, 5.74) is 5.25. The second-order valence-corrected chi connectivity index (χ2v) is 4.56. The SMILES string of the molecule is CCC(Cc1cn[nH]n1)c1cccc(C)c1C. The van der Waals surface area contributed by atoms with E-state index in [-0.39, 0.29) is 0 Å². The molecule has 2 rings (SSSR count). The van der Waals surface area contributed by atoms with Crippen LogP contribution in [0.5, 0.6) is 0 Å². The van der Waals surface area contributed by atoms with Crippen molar-refractivity contribution in [2.45, 2.75) is 39.5 Å². The zero-order valence-corrected chi connectivity index (χ0v) is 10.7. The molecule has 1 aromatic heterocycles. The average Bonchev–Trinajstić information content (AvgIpc) is 2.83. The van der Waals surface area contributed by atoms with Gasteiger partial charge in [0.05, 0.1) is 11.9 Å². The van der Waals surface area contributed by atoms with Gasteiger partial charge in [-0.25, -0.2) is 0 Å². The van der Waals surface area contributed by atoms with Crippen LogP contribution in [0.15, 0.2) is 24.4 Å². The minimum Gasteiger partial charge on any atom is -0.198 e. The number of benzene rings is 1. The fraction of sp³-hybridized carbons (Fsp3) is 0.429. The van der Waals surface area contributed by atoms with Crippen LogP contribution >= 0.6 is 0 Å². The lowest BCUT2D eigenvalue weighted by Gasteiger charge is -2.17. The van der Waals surface area contributed by atoms with Crippen molar-refractivity contribution in [3.05, 3.63) is 46.8 Å². The van der Waals surface area contributed by atoms with Gasteiger partial charge in [0.1, 0.15) is 0 Å². The highest BCUT2D eigenvalue weighted by atomic mass is 15.3. The van der Waals surface area contributed by atoms with E-state index in [9.17, 15) is 0 Å². The maximum atomic E-state index is 4.15. The van der Waals surface area contributed by atoms with Crippen molar-refractivity contribution in [3.63, 3.8) is 0 Å². The molecule has 1 atom stereocenters. The number of nitrogens with one attached hydrogen (secondary N) is 1. The Labute approximate surface area is 102 Å². The van der Waals surface area contributed by atoms with Crippen molar-refractivity contribution < 1.29 is 0 Å². The molecule has 3 nitrogen and oxygen atoms in total. The molecule has 2 aromatic rings. The van der Waals surface area contributed by atoms with Gasteiger partial charge in [0.15, 0.2) is 0 Å². The second-order valence-electron chi connectivity index (χ2n) is 4.56. The third kappa shape index (κ3) is 2.54. The molecule has 0 radical (unpaired) electrons. The summed E-state index contributed by atoms with van der Waals surface area (Å²) in [4.78, 5) is 0. The molecule has 0 fully saturated rings. The highest BCUT2D eigenvalue weighted by Crippen LogP contribution is 2.27. The fourth-order valence-electron chi connectivity index (χ4n) is 2.27. The van der Waals surface area contributed by atoms with E-state index in [0.29, 0.717) is 5.92 Å². The number of H-pyrrole nitrogens is 1. The molecule has 3 heteroatoms. The smallest absolute Gasteiger partial charge is 0.0830 e. The standard InChI is InChI=1S/C14H19N3/c1-4-12(8-13-9-15-17-16-13)14-7-5-6-10(2)11(14)3/h5-7,9,12H,4,8H2,1-3H3,(H,15,16,17). The molecule has 0 aliphatic rings. The number of aryl methyl sites for hydroxylation is 1. The van der Waals surface area contributed by atoms with E-state index in [4.69, 9.17) is 0 Å². The Morgan fingerprint density at radius 1 is 1.29 bits per heavy atom. The van der Waals surface area contributed by atoms with E-state index in [1.807, 2.05) is 6.20 Å². The molecular formula is C14H19N3. The zero-order chi connectivity index (χ0) is 12.3. The van der Waals surface area contributed by atoms with Crippen molar-refractivity contribution in [3.8, 4) is 0 Å². The van der Waals surface area contributed by atoms with Crippen LogP contribution in [0, 0.1) is 13.8 Å². The Kier molecular flexibility index (Phi) is 3.57. The van der Waals surface area contributed by atoms with Crippen LogP contribution in [-0.2, 0) is 6.42 Å². The van der Waals surface area contributed by atoms with Gasteiger partial charge in [-0.3, -0.25) is 0 Å². The Balaban J connectivity index is 2.26. The highest BCUT2D eigenvalue weighted by Gasteiger charge is 2.14. The molecule has 0 saturated carbocycles. The van der Waals surface area contributed by atoms with Crippen molar-refractivity contribution in [1.82, 2.24) is 15.4 Å². The lowest BCUT2D eigenvalue weighted by Crippen LogP contribution is -2.05. The maximum Gasteiger partial charge on any atom is 0.0830 e. The van der Waals surface area contributed by atoms with Crippen molar-refractivity contribution in [1.29, 1.82) is 0 Å². The van der Waals surface area contributed by atoms with E-state index >= 15 is 0 Å². The number of rotatable bonds is 4. The molecule has 0 spiro atoms. The van der Waals surface area contributed by atoms with Crippen LogP contribution < -0.4 is 0 Å². The first kappa shape index (κ1) is 11.8. The quantitative estimate of drug-likeness (QED) is 0.875. The molecular weight excluding hydrogens is 210 g/mol. The maximum absolute atomic E-state index is 4.15. The van der Waals surface area contributed by atoms with Crippen molar-refractivity contribution in [2.24, 2.45) is 0 Å². The highest BCUT2D eigenvalue weighted by molar-refractivity contribution is 5.36. The molecule has 0 aliphatic carbocycles. The molecule has 17 heavy (non-hydrogen) atoms. The lowest BCUT2D eigenvalue weighted by atomic mass is 9.87. The summed E-state index contributed by atoms with van der Waals surface area (Å²) in [6.07, 6.45) is 3.89. The number of hydrogen-bond acceptors (Lipinski definition) is 2. The third-order valence-corrected chi connectivity index (χ3v) is 3.50. The van der Waals surface area contributed by atoms with Gasteiger partial charge >= 0.3 is 0 Å². The largest absolute Gasteiger partial charge is 0.198 e.